The summed E-state index contributed by atoms with van der Waals surface area (Å²) in [5.41, 5.74) is 6.07. The first kappa shape index (κ1) is 16.7. The number of primary amides is 1. The van der Waals surface area contributed by atoms with Gasteiger partial charge in [0.1, 0.15) is 6.04 Å². The zero-order valence-electron chi connectivity index (χ0n) is 12.3. The molecule has 0 unspecified atom stereocenters. The molecule has 3 N–H and O–H groups in total. The Labute approximate surface area is 144 Å². The number of hydroxylamine groups is 2. The molecule has 0 aromatic carbocycles. The van der Waals surface area contributed by atoms with E-state index in [9.17, 15) is 18.0 Å². The molecule has 3 aliphatic rings. The SMILES string of the molecule is NC(=O)[C@@H]1C(C2CC2)=C[C@@H]2CN1C(=O)N2OS(=O)(=O)O.[H+].[Na+]. The first-order valence-corrected chi connectivity index (χ1v) is 7.42. The summed E-state index contributed by atoms with van der Waals surface area (Å²) in [5, 5.41) is 0.556. The van der Waals surface area contributed by atoms with E-state index in [-0.39, 0.29) is 43.4 Å². The van der Waals surface area contributed by atoms with Crippen molar-refractivity contribution in [3.05, 3.63) is 11.6 Å². The summed E-state index contributed by atoms with van der Waals surface area (Å²) in [6, 6.07) is -2.33. The fourth-order valence-electron chi connectivity index (χ4n) is 2.73. The van der Waals surface area contributed by atoms with Gasteiger partial charge in [0.05, 0.1) is 12.6 Å². The summed E-state index contributed by atoms with van der Waals surface area (Å²) >= 11 is 0. The van der Waals surface area contributed by atoms with Crippen molar-refractivity contribution >= 4 is 22.3 Å². The summed E-state index contributed by atoms with van der Waals surface area (Å²) in [6.45, 7) is 0.0954. The van der Waals surface area contributed by atoms with E-state index in [1.54, 1.807) is 6.08 Å². The number of hydrogen-bond donors (Lipinski definition) is 2. The third-order valence-corrected chi connectivity index (χ3v) is 3.97. The standard InChI is InChI=1S/C10H13N3O6S.Na/c11-9(14)8-7(5-1-2-5)3-6-4-12(8)10(15)13(6)19-20(16,17)18;/h3,5-6,8H,1-2,4H2,(H2,11,14)(H,16,17,18);/q;+1/p+1/t6-,8+;/m1./s1. The monoisotopic (exact) mass is 327 g/mol. The van der Waals surface area contributed by atoms with Crippen molar-refractivity contribution in [1.82, 2.24) is 9.96 Å². The molecule has 9 nitrogen and oxygen atoms in total. The van der Waals surface area contributed by atoms with Crippen molar-refractivity contribution in [3.63, 3.8) is 0 Å². The minimum atomic E-state index is -4.81. The van der Waals surface area contributed by atoms with Crippen molar-refractivity contribution in [2.45, 2.75) is 24.9 Å². The van der Waals surface area contributed by atoms with Gasteiger partial charge in [-0.15, -0.1) is 4.28 Å². The second-order valence-electron chi connectivity index (χ2n) is 5.08. The van der Waals surface area contributed by atoms with Crippen LogP contribution in [0.3, 0.4) is 0 Å². The van der Waals surface area contributed by atoms with Gasteiger partial charge in [-0.2, -0.15) is 13.5 Å². The number of nitrogens with two attached hydrogens (primary N) is 1. The quantitative estimate of drug-likeness (QED) is 0.309. The Bertz CT molecular complexity index is 622. The van der Waals surface area contributed by atoms with E-state index in [4.69, 9.17) is 10.3 Å². The van der Waals surface area contributed by atoms with Crippen LogP contribution in [0.5, 0.6) is 0 Å². The van der Waals surface area contributed by atoms with Gasteiger partial charge in [-0.3, -0.25) is 9.35 Å². The molecule has 1 aliphatic carbocycles. The summed E-state index contributed by atoms with van der Waals surface area (Å²) in [5.74, 6) is -0.472. The molecule has 2 heterocycles. The Balaban J connectivity index is 0.00000121. The molecular weight excluding hydrogens is 313 g/mol. The van der Waals surface area contributed by atoms with Gasteiger partial charge in [-0.05, 0) is 24.3 Å². The van der Waals surface area contributed by atoms with E-state index in [0.29, 0.717) is 5.06 Å². The number of urea groups is 1. The minimum absolute atomic E-state index is 0. The van der Waals surface area contributed by atoms with Gasteiger partial charge in [-0.25, -0.2) is 4.79 Å². The molecule has 1 saturated carbocycles. The van der Waals surface area contributed by atoms with Crippen LogP contribution in [0.4, 0.5) is 4.79 Å². The first-order valence-electron chi connectivity index (χ1n) is 6.05. The number of amides is 3. The fraction of sp³-hybridized carbons (Fsp3) is 0.600. The fourth-order valence-corrected chi connectivity index (χ4v) is 3.11. The van der Waals surface area contributed by atoms with Crippen molar-refractivity contribution in [3.8, 4) is 0 Å². The third-order valence-electron chi connectivity index (χ3n) is 3.62. The number of rotatable bonds is 4. The Morgan fingerprint density at radius 1 is 1.48 bits per heavy atom. The topological polar surface area (TPSA) is 130 Å². The summed E-state index contributed by atoms with van der Waals surface area (Å²) in [7, 11) is -4.81. The van der Waals surface area contributed by atoms with Gasteiger partial charge in [0.25, 0.3) is 0 Å². The predicted octanol–water partition coefficient (Wildman–Crippen LogP) is -3.85. The van der Waals surface area contributed by atoms with Crippen molar-refractivity contribution in [2.75, 3.05) is 6.54 Å². The van der Waals surface area contributed by atoms with Crippen LogP contribution in [0.1, 0.15) is 14.3 Å². The second kappa shape index (κ2) is 5.52. The average molecular weight is 327 g/mol. The molecule has 2 aliphatic heterocycles. The molecule has 21 heavy (non-hydrogen) atoms. The minimum Gasteiger partial charge on any atom is -0.368 e. The maximum atomic E-state index is 12.1. The summed E-state index contributed by atoms with van der Waals surface area (Å²) in [4.78, 5) is 24.8. The number of carbonyl (C=O) groups excluding carboxylic acids is 2. The normalized spacial score (nSPS) is 28.2. The van der Waals surface area contributed by atoms with E-state index in [1.807, 2.05) is 0 Å². The largest absolute Gasteiger partial charge is 1.00 e. The van der Waals surface area contributed by atoms with Gasteiger partial charge in [-0.1, -0.05) is 6.08 Å². The van der Waals surface area contributed by atoms with Crippen LogP contribution in [0.2, 0.25) is 0 Å². The van der Waals surface area contributed by atoms with Crippen molar-refractivity contribution in [2.24, 2.45) is 11.7 Å². The second-order valence-corrected chi connectivity index (χ2v) is 6.08. The van der Waals surface area contributed by atoms with Gasteiger partial charge in [0.15, 0.2) is 0 Å². The first-order chi connectivity index (χ1) is 9.28. The van der Waals surface area contributed by atoms with E-state index in [0.717, 1.165) is 18.4 Å². The molecule has 11 heteroatoms. The molecule has 0 radical (unpaired) electrons. The Morgan fingerprint density at radius 2 is 2.10 bits per heavy atom. The molecule has 2 fully saturated rings. The van der Waals surface area contributed by atoms with E-state index >= 15 is 0 Å². The van der Waals surface area contributed by atoms with E-state index < -0.39 is 34.4 Å². The third kappa shape index (κ3) is 3.10. The molecule has 2 atom stereocenters. The Morgan fingerprint density at radius 3 is 2.57 bits per heavy atom. The van der Waals surface area contributed by atoms with Crippen LogP contribution in [-0.4, -0.2) is 53.5 Å². The van der Waals surface area contributed by atoms with Crippen LogP contribution in [0.15, 0.2) is 11.6 Å². The van der Waals surface area contributed by atoms with Gasteiger partial charge in [0, 0.05) is 0 Å². The maximum Gasteiger partial charge on any atom is 1.00 e. The van der Waals surface area contributed by atoms with Gasteiger partial charge in [0.2, 0.25) is 5.91 Å². The van der Waals surface area contributed by atoms with Crippen LogP contribution in [-0.2, 0) is 19.5 Å². The molecular formula is C10H14N3NaO6S+2. The number of fused-ring (bicyclic) bond motifs is 2. The molecule has 110 valence electrons. The predicted molar refractivity (Wildman–Crippen MR) is 65.3 cm³/mol. The maximum absolute atomic E-state index is 12.1. The Hall–Kier alpha value is -0.650. The Kier molecular flexibility index (Phi) is 4.40. The number of nitrogens with zero attached hydrogens (tertiary/aromatic N) is 2. The van der Waals surface area contributed by atoms with Crippen LogP contribution in [0, 0.1) is 5.92 Å². The van der Waals surface area contributed by atoms with Crippen LogP contribution in [0.25, 0.3) is 0 Å². The molecule has 0 spiro atoms. The van der Waals surface area contributed by atoms with Gasteiger partial charge >= 0.3 is 47.4 Å². The van der Waals surface area contributed by atoms with Crippen LogP contribution < -0.4 is 35.3 Å². The molecule has 0 aromatic rings. The molecule has 1 saturated heterocycles. The molecule has 3 rings (SSSR count). The zero-order chi connectivity index (χ0) is 14.7. The van der Waals surface area contributed by atoms with E-state index in [1.165, 1.54) is 4.90 Å². The zero-order valence-corrected chi connectivity index (χ0v) is 14.1. The van der Waals surface area contributed by atoms with Crippen molar-refractivity contribution < 1.29 is 57.8 Å². The van der Waals surface area contributed by atoms with Gasteiger partial charge < -0.3 is 10.6 Å². The van der Waals surface area contributed by atoms with Crippen molar-refractivity contribution in [1.29, 1.82) is 0 Å². The molecule has 2 bridgehead atoms. The van der Waals surface area contributed by atoms with E-state index in [2.05, 4.69) is 4.28 Å². The molecule has 3 amide bonds. The average Bonchev–Trinajstić information content (AvgIpc) is 3.13. The molecule has 0 aromatic heterocycles. The smallest absolute Gasteiger partial charge is 0.368 e. The number of carbonyl (C=O) groups is 2. The van der Waals surface area contributed by atoms with Crippen LogP contribution >= 0.6 is 0 Å². The summed E-state index contributed by atoms with van der Waals surface area (Å²) in [6.07, 6.45) is 3.45. The summed E-state index contributed by atoms with van der Waals surface area (Å²) < 4.78 is 34.5. The number of hydrogen-bond acceptors (Lipinski definition) is 5.